The number of pyridine rings is 1. The van der Waals surface area contributed by atoms with Crippen molar-refractivity contribution in [3.63, 3.8) is 0 Å². The Kier molecular flexibility index (Phi) is 5.22. The molecule has 1 aliphatic heterocycles. The number of H-pyrrole nitrogens is 1. The second-order valence-corrected chi connectivity index (χ2v) is 5.90. The monoisotopic (exact) mass is 294 g/mol. The number of anilines is 1. The molecule has 0 saturated heterocycles. The number of hydrogen-bond donors (Lipinski definition) is 2. The van der Waals surface area contributed by atoms with Gasteiger partial charge in [0, 0.05) is 6.42 Å². The molecule has 1 aromatic rings. The first-order chi connectivity index (χ1) is 9.67. The summed E-state index contributed by atoms with van der Waals surface area (Å²) in [5.41, 5.74) is 2.97. The van der Waals surface area contributed by atoms with Gasteiger partial charge in [-0.15, -0.1) is 0 Å². The summed E-state index contributed by atoms with van der Waals surface area (Å²) in [4.78, 5) is 4.64. The molecule has 20 heavy (non-hydrogen) atoms. The molecule has 5 heteroatoms. The number of nitrogens with one attached hydrogen (secondary N) is 3. The van der Waals surface area contributed by atoms with Crippen LogP contribution >= 0.6 is 11.6 Å². The van der Waals surface area contributed by atoms with Crippen LogP contribution in [0.5, 0.6) is 0 Å². The van der Waals surface area contributed by atoms with Crippen molar-refractivity contribution in [1.29, 1.82) is 5.26 Å². The number of fused-ring (bicyclic) bond motifs is 1. The van der Waals surface area contributed by atoms with Crippen molar-refractivity contribution in [1.82, 2.24) is 0 Å². The first-order valence-electron chi connectivity index (χ1n) is 7.39. The Morgan fingerprint density at radius 3 is 2.90 bits per heavy atom. The molecule has 0 aliphatic carbocycles. The van der Waals surface area contributed by atoms with E-state index in [1.165, 1.54) is 23.3 Å². The Labute approximate surface area is 125 Å². The summed E-state index contributed by atoms with van der Waals surface area (Å²) in [6.07, 6.45) is 4.51. The average Bonchev–Trinajstić information content (AvgIpc) is 2.44. The molecule has 0 fully saturated rings. The maximum absolute atomic E-state index is 9.30. The summed E-state index contributed by atoms with van der Waals surface area (Å²) >= 11 is 6.22. The van der Waals surface area contributed by atoms with Crippen LogP contribution in [0.25, 0.3) is 0 Å². The van der Waals surface area contributed by atoms with Crippen molar-refractivity contribution >= 4 is 17.4 Å². The first kappa shape index (κ1) is 15.1. The molecule has 1 aromatic heterocycles. The van der Waals surface area contributed by atoms with Crippen LogP contribution in [0, 0.1) is 11.3 Å². The molecule has 2 rings (SSSR count). The summed E-state index contributed by atoms with van der Waals surface area (Å²) in [7, 11) is 2.18. The van der Waals surface area contributed by atoms with E-state index in [1.54, 1.807) is 0 Å². The minimum atomic E-state index is 0.462. The highest BCUT2D eigenvalue weighted by Crippen LogP contribution is 2.25. The Hall–Kier alpha value is -1.31. The van der Waals surface area contributed by atoms with Crippen molar-refractivity contribution in [3.8, 4) is 6.07 Å². The Morgan fingerprint density at radius 1 is 1.40 bits per heavy atom. The Morgan fingerprint density at radius 2 is 2.20 bits per heavy atom. The molecule has 0 radical (unpaired) electrons. The molecule has 1 atom stereocenters. The van der Waals surface area contributed by atoms with E-state index in [0.717, 1.165) is 43.9 Å². The molecule has 1 unspecified atom stereocenters. The topological polar surface area (TPSA) is 54.4 Å². The number of likely N-dealkylation sites (N-methyl/N-ethyl adjacent to an activating group) is 1. The standard InChI is InChI=1S/C15H21ClN4/c1-3-4-5-7-18-15-13-10-20(2)8-6-11(13)12(9-17)14(16)19-15/h3-8,10H2,1-2H3,(H,18,19)/p+2. The molecular formula is C15H23ClN4+2. The van der Waals surface area contributed by atoms with Crippen LogP contribution in [0.4, 0.5) is 5.82 Å². The molecule has 0 saturated carbocycles. The predicted octanol–water partition coefficient (Wildman–Crippen LogP) is 1.20. The van der Waals surface area contributed by atoms with Crippen LogP contribution in [-0.2, 0) is 13.0 Å². The van der Waals surface area contributed by atoms with Crippen LogP contribution < -0.4 is 15.2 Å². The number of halogens is 1. The van der Waals surface area contributed by atoms with Gasteiger partial charge in [-0.3, -0.25) is 5.32 Å². The van der Waals surface area contributed by atoms with Gasteiger partial charge in [0.15, 0.2) is 0 Å². The number of unbranched alkanes of at least 4 members (excludes halogenated alkanes) is 2. The molecule has 0 aromatic carbocycles. The second-order valence-electron chi connectivity index (χ2n) is 5.53. The summed E-state index contributed by atoms with van der Waals surface area (Å²) in [6.45, 7) is 5.13. The highest BCUT2D eigenvalue weighted by Gasteiger charge is 2.28. The lowest BCUT2D eigenvalue weighted by Gasteiger charge is -2.23. The van der Waals surface area contributed by atoms with E-state index in [-0.39, 0.29) is 0 Å². The molecule has 3 N–H and O–H groups in total. The molecule has 0 bridgehead atoms. The zero-order valence-electron chi connectivity index (χ0n) is 12.3. The fourth-order valence-corrected chi connectivity index (χ4v) is 2.99. The molecule has 0 spiro atoms. The number of rotatable bonds is 5. The van der Waals surface area contributed by atoms with Crippen molar-refractivity contribution in [2.75, 3.05) is 25.5 Å². The Balaban J connectivity index is 2.27. The van der Waals surface area contributed by atoms with Gasteiger partial charge in [0.2, 0.25) is 5.15 Å². The fourth-order valence-electron chi connectivity index (χ4n) is 2.74. The minimum Gasteiger partial charge on any atom is -0.333 e. The maximum atomic E-state index is 9.30. The second kappa shape index (κ2) is 6.92. The van der Waals surface area contributed by atoms with Gasteiger partial charge in [-0.05, 0) is 30.0 Å². The number of hydrogen-bond acceptors (Lipinski definition) is 2. The molecule has 2 heterocycles. The number of nitriles is 1. The molecule has 0 amide bonds. The number of nitrogens with zero attached hydrogens (tertiary/aromatic N) is 1. The highest BCUT2D eigenvalue weighted by molar-refractivity contribution is 6.29. The molecule has 1 aliphatic rings. The van der Waals surface area contributed by atoms with E-state index >= 15 is 0 Å². The van der Waals surface area contributed by atoms with Gasteiger partial charge in [0.25, 0.3) is 5.82 Å². The predicted molar refractivity (Wildman–Crippen MR) is 79.9 cm³/mol. The highest BCUT2D eigenvalue weighted by atomic mass is 35.5. The van der Waals surface area contributed by atoms with Gasteiger partial charge in [0.1, 0.15) is 18.2 Å². The van der Waals surface area contributed by atoms with E-state index in [0.29, 0.717) is 10.7 Å². The van der Waals surface area contributed by atoms with Gasteiger partial charge < -0.3 is 4.90 Å². The lowest BCUT2D eigenvalue weighted by atomic mass is 9.97. The molecule has 108 valence electrons. The van der Waals surface area contributed by atoms with Crippen LogP contribution in [0.15, 0.2) is 0 Å². The van der Waals surface area contributed by atoms with Gasteiger partial charge >= 0.3 is 0 Å². The molecular weight excluding hydrogens is 272 g/mol. The molecule has 4 nitrogen and oxygen atoms in total. The number of quaternary nitrogens is 1. The third-order valence-electron chi connectivity index (χ3n) is 3.90. The zero-order valence-corrected chi connectivity index (χ0v) is 13.0. The maximum Gasteiger partial charge on any atom is 0.282 e. The lowest BCUT2D eigenvalue weighted by Crippen LogP contribution is -3.08. The van der Waals surface area contributed by atoms with Gasteiger partial charge in [-0.1, -0.05) is 13.3 Å². The number of aromatic amines is 1. The van der Waals surface area contributed by atoms with Crippen LogP contribution in [0.2, 0.25) is 5.15 Å². The normalized spacial score (nSPS) is 17.4. The third-order valence-corrected chi connectivity index (χ3v) is 4.18. The summed E-state index contributed by atoms with van der Waals surface area (Å²) in [5.74, 6) is 0.999. The van der Waals surface area contributed by atoms with E-state index in [2.05, 4.69) is 30.3 Å². The average molecular weight is 295 g/mol. The van der Waals surface area contributed by atoms with Crippen LogP contribution in [-0.4, -0.2) is 20.1 Å². The third kappa shape index (κ3) is 3.23. The quantitative estimate of drug-likeness (QED) is 0.633. The smallest absolute Gasteiger partial charge is 0.282 e. The van der Waals surface area contributed by atoms with Crippen LogP contribution in [0.3, 0.4) is 0 Å². The van der Waals surface area contributed by atoms with Crippen molar-refractivity contribution in [2.45, 2.75) is 39.2 Å². The van der Waals surface area contributed by atoms with E-state index in [1.807, 2.05) is 0 Å². The largest absolute Gasteiger partial charge is 0.333 e. The van der Waals surface area contributed by atoms with Crippen molar-refractivity contribution in [3.05, 3.63) is 21.8 Å². The Bertz CT molecular complexity index is 522. The minimum absolute atomic E-state index is 0.462. The van der Waals surface area contributed by atoms with Gasteiger partial charge in [-0.25, -0.2) is 4.98 Å². The van der Waals surface area contributed by atoms with Gasteiger partial charge in [-0.2, -0.15) is 5.26 Å². The fraction of sp³-hybridized carbons (Fsp3) is 0.600. The SMILES string of the molecule is CCCCCNc1[nH+]c(Cl)c(C#N)c2c1C[NH+](C)CC2. The van der Waals surface area contributed by atoms with E-state index < -0.39 is 0 Å². The van der Waals surface area contributed by atoms with Crippen molar-refractivity contribution in [2.24, 2.45) is 0 Å². The number of aromatic nitrogens is 1. The summed E-state index contributed by atoms with van der Waals surface area (Å²) in [5, 5.41) is 13.2. The lowest BCUT2D eigenvalue weighted by molar-refractivity contribution is -0.895. The summed E-state index contributed by atoms with van der Waals surface area (Å²) < 4.78 is 0. The van der Waals surface area contributed by atoms with Gasteiger partial charge in [0.05, 0.1) is 25.7 Å². The van der Waals surface area contributed by atoms with E-state index in [4.69, 9.17) is 11.6 Å². The van der Waals surface area contributed by atoms with Crippen LogP contribution in [0.1, 0.15) is 42.9 Å². The zero-order chi connectivity index (χ0) is 14.5. The summed E-state index contributed by atoms with van der Waals surface area (Å²) in [6, 6.07) is 2.24. The first-order valence-corrected chi connectivity index (χ1v) is 7.77. The van der Waals surface area contributed by atoms with E-state index in [9.17, 15) is 5.26 Å². The van der Waals surface area contributed by atoms with Crippen molar-refractivity contribution < 1.29 is 9.88 Å².